The van der Waals surface area contributed by atoms with Crippen LogP contribution in [0.25, 0.3) is 0 Å². The van der Waals surface area contributed by atoms with Crippen LogP contribution in [0.3, 0.4) is 0 Å². The number of ketones is 1. The molecule has 13 heavy (non-hydrogen) atoms. The van der Waals surface area contributed by atoms with Gasteiger partial charge < -0.3 is 0 Å². The molecule has 1 aliphatic rings. The predicted molar refractivity (Wildman–Crippen MR) is 61.4 cm³/mol. The van der Waals surface area contributed by atoms with Crippen molar-refractivity contribution >= 4 is 40.0 Å². The van der Waals surface area contributed by atoms with Gasteiger partial charge >= 0.3 is 0 Å². The van der Waals surface area contributed by atoms with Crippen molar-refractivity contribution in [3.63, 3.8) is 0 Å². The topological polar surface area (TPSA) is 17.1 Å². The molecule has 0 aliphatic heterocycles. The third-order valence-corrected chi connectivity index (χ3v) is 4.19. The van der Waals surface area contributed by atoms with Crippen molar-refractivity contribution in [3.8, 4) is 0 Å². The van der Waals surface area contributed by atoms with Crippen LogP contribution >= 0.6 is 34.2 Å². The SMILES string of the molecule is O=C1CCCc2c1ccc(Cl)c2I. The lowest BCUT2D eigenvalue weighted by atomic mass is 9.91. The van der Waals surface area contributed by atoms with E-state index < -0.39 is 0 Å². The Hall–Kier alpha value is -0.0900. The van der Waals surface area contributed by atoms with Crippen LogP contribution in [0, 0.1) is 3.57 Å². The van der Waals surface area contributed by atoms with E-state index in [1.165, 1.54) is 0 Å². The highest BCUT2D eigenvalue weighted by Crippen LogP contribution is 2.30. The molecule has 0 spiro atoms. The fourth-order valence-electron chi connectivity index (χ4n) is 1.66. The van der Waals surface area contributed by atoms with E-state index >= 15 is 0 Å². The maximum Gasteiger partial charge on any atom is 0.163 e. The predicted octanol–water partition coefficient (Wildman–Crippen LogP) is 3.46. The van der Waals surface area contributed by atoms with E-state index in [1.807, 2.05) is 12.1 Å². The molecule has 0 atom stereocenters. The quantitative estimate of drug-likeness (QED) is 0.671. The van der Waals surface area contributed by atoms with Gasteiger partial charge in [-0.25, -0.2) is 0 Å². The minimum atomic E-state index is 0.260. The number of fused-ring (bicyclic) bond motifs is 1. The minimum Gasteiger partial charge on any atom is -0.294 e. The molecule has 0 saturated carbocycles. The average molecular weight is 307 g/mol. The van der Waals surface area contributed by atoms with Gasteiger partial charge in [-0.3, -0.25) is 4.79 Å². The highest BCUT2D eigenvalue weighted by Gasteiger charge is 2.19. The van der Waals surface area contributed by atoms with Gasteiger partial charge in [0.15, 0.2) is 5.78 Å². The summed E-state index contributed by atoms with van der Waals surface area (Å²) in [5.74, 6) is 0.260. The molecule has 0 bridgehead atoms. The van der Waals surface area contributed by atoms with Gasteiger partial charge in [0, 0.05) is 15.6 Å². The molecule has 0 amide bonds. The molecule has 0 unspecified atom stereocenters. The fraction of sp³-hybridized carbons (Fsp3) is 0.300. The molecule has 0 N–H and O–H groups in total. The minimum absolute atomic E-state index is 0.260. The van der Waals surface area contributed by atoms with E-state index in [2.05, 4.69) is 22.6 Å². The number of rotatable bonds is 0. The van der Waals surface area contributed by atoms with Crippen LogP contribution in [0.5, 0.6) is 0 Å². The molecule has 0 aromatic heterocycles. The van der Waals surface area contributed by atoms with Crippen molar-refractivity contribution in [3.05, 3.63) is 31.9 Å². The number of benzene rings is 1. The molecule has 3 heteroatoms. The van der Waals surface area contributed by atoms with Gasteiger partial charge in [0.2, 0.25) is 0 Å². The van der Waals surface area contributed by atoms with Gasteiger partial charge in [-0.05, 0) is 53.1 Å². The van der Waals surface area contributed by atoms with Gasteiger partial charge in [0.1, 0.15) is 0 Å². The average Bonchev–Trinajstić information content (AvgIpc) is 2.12. The Morgan fingerprint density at radius 2 is 2.08 bits per heavy atom. The van der Waals surface area contributed by atoms with Crippen LogP contribution in [-0.2, 0) is 6.42 Å². The van der Waals surface area contributed by atoms with Crippen LogP contribution in [0.15, 0.2) is 12.1 Å². The highest BCUT2D eigenvalue weighted by atomic mass is 127. The van der Waals surface area contributed by atoms with Crippen molar-refractivity contribution in [1.29, 1.82) is 0 Å². The lowest BCUT2D eigenvalue weighted by Gasteiger charge is -2.16. The van der Waals surface area contributed by atoms with E-state index in [0.717, 1.165) is 32.6 Å². The smallest absolute Gasteiger partial charge is 0.163 e. The Kier molecular flexibility index (Phi) is 2.60. The fourth-order valence-corrected chi connectivity index (χ4v) is 2.58. The van der Waals surface area contributed by atoms with E-state index in [9.17, 15) is 4.79 Å². The van der Waals surface area contributed by atoms with E-state index in [4.69, 9.17) is 11.6 Å². The van der Waals surface area contributed by atoms with Crippen molar-refractivity contribution in [1.82, 2.24) is 0 Å². The van der Waals surface area contributed by atoms with Crippen molar-refractivity contribution in [2.45, 2.75) is 19.3 Å². The van der Waals surface area contributed by atoms with Gasteiger partial charge in [-0.2, -0.15) is 0 Å². The number of carbonyl (C=O) groups is 1. The largest absolute Gasteiger partial charge is 0.294 e. The van der Waals surface area contributed by atoms with Crippen LogP contribution in [-0.4, -0.2) is 5.78 Å². The molecule has 0 radical (unpaired) electrons. The summed E-state index contributed by atoms with van der Waals surface area (Å²) in [5, 5.41) is 0.758. The maximum absolute atomic E-state index is 11.5. The summed E-state index contributed by atoms with van der Waals surface area (Å²) >= 11 is 8.19. The monoisotopic (exact) mass is 306 g/mol. The van der Waals surface area contributed by atoms with Crippen LogP contribution in [0.1, 0.15) is 28.8 Å². The first-order chi connectivity index (χ1) is 6.20. The standard InChI is InChI=1S/C10H8ClIO/c11-8-5-4-6-7(10(8)12)2-1-3-9(6)13/h4-5H,1-3H2. The first kappa shape index (κ1) is 9.46. The summed E-state index contributed by atoms with van der Waals surface area (Å²) in [6.45, 7) is 0. The number of halogens is 2. The molecule has 2 rings (SSSR count). The van der Waals surface area contributed by atoms with Crippen molar-refractivity contribution in [2.24, 2.45) is 0 Å². The van der Waals surface area contributed by atoms with Crippen molar-refractivity contribution in [2.75, 3.05) is 0 Å². The van der Waals surface area contributed by atoms with Crippen LogP contribution in [0.4, 0.5) is 0 Å². The van der Waals surface area contributed by atoms with E-state index in [0.29, 0.717) is 6.42 Å². The second kappa shape index (κ2) is 3.58. The first-order valence-electron chi connectivity index (χ1n) is 4.20. The zero-order chi connectivity index (χ0) is 9.42. The Bertz CT molecular complexity index is 373. The van der Waals surface area contributed by atoms with Gasteiger partial charge in [0.05, 0.1) is 5.02 Å². The summed E-state index contributed by atoms with van der Waals surface area (Å²) in [6, 6.07) is 3.66. The van der Waals surface area contributed by atoms with Crippen LogP contribution in [0.2, 0.25) is 5.02 Å². The van der Waals surface area contributed by atoms with Gasteiger partial charge in [-0.15, -0.1) is 0 Å². The molecule has 68 valence electrons. The van der Waals surface area contributed by atoms with Crippen LogP contribution < -0.4 is 0 Å². The maximum atomic E-state index is 11.5. The lowest BCUT2D eigenvalue weighted by molar-refractivity contribution is 0.0972. The number of carbonyl (C=O) groups excluding carboxylic acids is 1. The van der Waals surface area contributed by atoms with Gasteiger partial charge in [0.25, 0.3) is 0 Å². The Balaban J connectivity index is 2.63. The van der Waals surface area contributed by atoms with E-state index in [-0.39, 0.29) is 5.78 Å². The molecule has 1 nitrogen and oxygen atoms in total. The van der Waals surface area contributed by atoms with E-state index in [1.54, 1.807) is 0 Å². The lowest BCUT2D eigenvalue weighted by Crippen LogP contribution is -2.12. The molecule has 0 heterocycles. The summed E-state index contributed by atoms with van der Waals surface area (Å²) < 4.78 is 1.05. The third-order valence-electron chi connectivity index (χ3n) is 2.33. The molecule has 1 aromatic carbocycles. The second-order valence-corrected chi connectivity index (χ2v) is 4.65. The Morgan fingerprint density at radius 1 is 1.31 bits per heavy atom. The number of hydrogen-bond acceptors (Lipinski definition) is 1. The second-order valence-electron chi connectivity index (χ2n) is 3.16. The Labute approximate surface area is 95.6 Å². The number of Topliss-reactive ketones (excluding diaryl/α,β-unsaturated/α-hetero) is 1. The zero-order valence-corrected chi connectivity index (χ0v) is 9.85. The summed E-state index contributed by atoms with van der Waals surface area (Å²) in [6.07, 6.45) is 2.63. The summed E-state index contributed by atoms with van der Waals surface area (Å²) in [5.41, 5.74) is 2.02. The molecule has 0 fully saturated rings. The number of hydrogen-bond donors (Lipinski definition) is 0. The molecule has 0 saturated heterocycles. The molecular weight excluding hydrogens is 298 g/mol. The summed E-state index contributed by atoms with van der Waals surface area (Å²) in [4.78, 5) is 11.5. The van der Waals surface area contributed by atoms with Crippen molar-refractivity contribution < 1.29 is 4.79 Å². The third kappa shape index (κ3) is 1.62. The van der Waals surface area contributed by atoms with Gasteiger partial charge in [-0.1, -0.05) is 11.6 Å². The molecule has 1 aliphatic carbocycles. The molecular formula is C10H8ClIO. The Morgan fingerprint density at radius 3 is 2.85 bits per heavy atom. The normalized spacial score (nSPS) is 15.7. The zero-order valence-electron chi connectivity index (χ0n) is 6.94. The summed E-state index contributed by atoms with van der Waals surface area (Å²) in [7, 11) is 0. The highest BCUT2D eigenvalue weighted by molar-refractivity contribution is 14.1. The first-order valence-corrected chi connectivity index (χ1v) is 5.66. The molecule has 1 aromatic rings.